The van der Waals surface area contributed by atoms with Crippen LogP contribution in [0.1, 0.15) is 54.4 Å². The Hall–Kier alpha value is -0.176. The summed E-state index contributed by atoms with van der Waals surface area (Å²) in [5.74, 6) is 0.163. The molecule has 6 heteroatoms. The molecule has 0 spiro atoms. The van der Waals surface area contributed by atoms with Crippen molar-refractivity contribution in [2.24, 2.45) is 0 Å². The third kappa shape index (κ3) is 3.92. The number of amides is 1. The van der Waals surface area contributed by atoms with Gasteiger partial charge in [-0.05, 0) is 49.1 Å². The minimum atomic E-state index is -2.03. The normalized spacial score (nSPS) is 28.6. The maximum atomic E-state index is 13.1. The van der Waals surface area contributed by atoms with Crippen LogP contribution in [-0.2, 0) is 13.6 Å². The Morgan fingerprint density at radius 2 is 1.40 bits per heavy atom. The average molecular weight is 386 g/mol. The monoisotopic (exact) mass is 385 g/mol. The zero-order valence-corrected chi connectivity index (χ0v) is 20.0. The minimum Gasteiger partial charge on any atom is -0.409 e. The zero-order valence-electron chi connectivity index (χ0n) is 18.0. The summed E-state index contributed by atoms with van der Waals surface area (Å²) >= 11 is 0. The lowest BCUT2D eigenvalue weighted by atomic mass is 10.1. The van der Waals surface area contributed by atoms with Crippen molar-refractivity contribution in [1.82, 2.24) is 4.90 Å². The fourth-order valence-electron chi connectivity index (χ4n) is 3.18. The van der Waals surface area contributed by atoms with Crippen LogP contribution >= 0.6 is 0 Å². The summed E-state index contributed by atoms with van der Waals surface area (Å²) in [5, 5.41) is 0.214. The van der Waals surface area contributed by atoms with Crippen molar-refractivity contribution in [3.63, 3.8) is 0 Å². The molecule has 146 valence electrons. The van der Waals surface area contributed by atoms with Gasteiger partial charge in [0.05, 0.1) is 12.1 Å². The first-order valence-electron chi connectivity index (χ1n) is 9.75. The van der Waals surface area contributed by atoms with Gasteiger partial charge in [-0.25, -0.2) is 0 Å². The number of hydrogen-bond acceptors (Lipinski definition) is 3. The molecule has 0 bridgehead atoms. The zero-order chi connectivity index (χ0) is 19.4. The molecule has 0 aromatic heterocycles. The SMILES string of the molecule is CC(C)(C)[Si](C)(C)O[C@@H]1[C@@H](O[Si](C)(C)C(C)(C)C)C(=O)N2CCC[C@@H]12. The second kappa shape index (κ2) is 6.46. The lowest BCUT2D eigenvalue weighted by Crippen LogP contribution is -2.53. The van der Waals surface area contributed by atoms with E-state index >= 15 is 0 Å². The van der Waals surface area contributed by atoms with Gasteiger partial charge in [-0.2, -0.15) is 0 Å². The van der Waals surface area contributed by atoms with E-state index in [1.807, 2.05) is 4.90 Å². The molecule has 1 amide bonds. The summed E-state index contributed by atoms with van der Waals surface area (Å²) in [6.07, 6.45) is 1.61. The topological polar surface area (TPSA) is 38.8 Å². The largest absolute Gasteiger partial charge is 0.409 e. The van der Waals surface area contributed by atoms with Gasteiger partial charge in [0.2, 0.25) is 0 Å². The van der Waals surface area contributed by atoms with Crippen LogP contribution in [0, 0.1) is 0 Å². The molecule has 2 heterocycles. The van der Waals surface area contributed by atoms with Crippen LogP contribution in [0.4, 0.5) is 0 Å². The lowest BCUT2D eigenvalue weighted by molar-refractivity contribution is -0.134. The van der Waals surface area contributed by atoms with Gasteiger partial charge in [-0.15, -0.1) is 0 Å². The van der Waals surface area contributed by atoms with Crippen LogP contribution in [0.15, 0.2) is 0 Å². The van der Waals surface area contributed by atoms with E-state index in [0.29, 0.717) is 0 Å². The van der Waals surface area contributed by atoms with Crippen LogP contribution in [0.2, 0.25) is 36.3 Å². The third-order valence-electron chi connectivity index (χ3n) is 6.97. The van der Waals surface area contributed by atoms with Crippen LogP contribution in [0.25, 0.3) is 0 Å². The lowest BCUT2D eigenvalue weighted by Gasteiger charge is -2.43. The Balaban J connectivity index is 2.31. The number of hydrogen-bond donors (Lipinski definition) is 0. The van der Waals surface area contributed by atoms with Crippen LogP contribution in [0.5, 0.6) is 0 Å². The molecule has 4 nitrogen and oxygen atoms in total. The molecule has 2 aliphatic rings. The van der Waals surface area contributed by atoms with Crippen molar-refractivity contribution in [3.8, 4) is 0 Å². The van der Waals surface area contributed by atoms with Crippen molar-refractivity contribution in [1.29, 1.82) is 0 Å². The van der Waals surface area contributed by atoms with E-state index < -0.39 is 22.7 Å². The fraction of sp³-hybridized carbons (Fsp3) is 0.947. The highest BCUT2D eigenvalue weighted by Gasteiger charge is 2.56. The van der Waals surface area contributed by atoms with Gasteiger partial charge in [0, 0.05) is 6.54 Å². The molecule has 25 heavy (non-hydrogen) atoms. The maximum Gasteiger partial charge on any atom is 0.253 e. The fourth-order valence-corrected chi connectivity index (χ4v) is 5.72. The molecule has 0 aromatic rings. The Bertz CT molecular complexity index is 520. The van der Waals surface area contributed by atoms with Gasteiger partial charge < -0.3 is 13.8 Å². The highest BCUT2D eigenvalue weighted by Crippen LogP contribution is 2.44. The minimum absolute atomic E-state index is 0.0852. The van der Waals surface area contributed by atoms with Gasteiger partial charge in [0.15, 0.2) is 22.7 Å². The Kier molecular flexibility index (Phi) is 5.46. The van der Waals surface area contributed by atoms with Crippen molar-refractivity contribution in [2.75, 3.05) is 6.54 Å². The van der Waals surface area contributed by atoms with Gasteiger partial charge in [-0.3, -0.25) is 4.79 Å². The first-order chi connectivity index (χ1) is 11.1. The smallest absolute Gasteiger partial charge is 0.253 e. The standard InChI is InChI=1S/C19H39NO3Si2/c1-18(2,3)24(7,8)22-15-14-12-11-13-20(14)17(21)16(15)23-25(9,10)19(4,5)6/h14-16H,11-13H2,1-10H3/t14-,15-,16+/m0/s1. The number of carbonyl (C=O) groups is 1. The number of fused-ring (bicyclic) bond motifs is 1. The predicted octanol–water partition coefficient (Wildman–Crippen LogP) is 4.77. The van der Waals surface area contributed by atoms with E-state index in [4.69, 9.17) is 8.85 Å². The molecular weight excluding hydrogens is 346 g/mol. The molecule has 2 saturated heterocycles. The Labute approximate surface area is 156 Å². The van der Waals surface area contributed by atoms with E-state index in [1.54, 1.807) is 0 Å². The molecule has 0 saturated carbocycles. The molecule has 3 atom stereocenters. The summed E-state index contributed by atoms with van der Waals surface area (Å²) in [6.45, 7) is 23.3. The quantitative estimate of drug-likeness (QED) is 0.654. The third-order valence-corrected chi connectivity index (χ3v) is 15.9. The van der Waals surface area contributed by atoms with E-state index in [0.717, 1.165) is 19.4 Å². The molecule has 2 fully saturated rings. The first kappa shape index (κ1) is 21.1. The van der Waals surface area contributed by atoms with E-state index in [-0.39, 0.29) is 28.1 Å². The van der Waals surface area contributed by atoms with Crippen LogP contribution < -0.4 is 0 Å². The number of nitrogens with zero attached hydrogens (tertiary/aromatic N) is 1. The summed E-state index contributed by atoms with van der Waals surface area (Å²) in [7, 11) is -4.00. The summed E-state index contributed by atoms with van der Waals surface area (Å²) < 4.78 is 13.4. The number of rotatable bonds is 4. The van der Waals surface area contributed by atoms with Crippen molar-refractivity contribution < 1.29 is 13.6 Å². The highest BCUT2D eigenvalue weighted by atomic mass is 28.4. The second-order valence-electron chi connectivity index (χ2n) is 10.9. The molecule has 0 aliphatic carbocycles. The molecule has 0 unspecified atom stereocenters. The maximum absolute atomic E-state index is 13.1. The van der Waals surface area contributed by atoms with Crippen LogP contribution in [-0.4, -0.2) is 52.2 Å². The summed E-state index contributed by atoms with van der Waals surface area (Å²) in [4.78, 5) is 15.1. The average Bonchev–Trinajstić information content (AvgIpc) is 2.95. The van der Waals surface area contributed by atoms with Gasteiger partial charge in [-0.1, -0.05) is 41.5 Å². The summed E-state index contributed by atoms with van der Waals surface area (Å²) in [6, 6.07) is 0.205. The summed E-state index contributed by atoms with van der Waals surface area (Å²) in [5.41, 5.74) is 0. The van der Waals surface area contributed by atoms with E-state index in [2.05, 4.69) is 67.7 Å². The Morgan fingerprint density at radius 3 is 1.88 bits per heavy atom. The van der Waals surface area contributed by atoms with Gasteiger partial charge in [0.1, 0.15) is 0 Å². The Morgan fingerprint density at radius 1 is 0.920 bits per heavy atom. The van der Waals surface area contributed by atoms with Gasteiger partial charge >= 0.3 is 0 Å². The van der Waals surface area contributed by atoms with Crippen molar-refractivity contribution in [3.05, 3.63) is 0 Å². The van der Waals surface area contributed by atoms with Crippen molar-refractivity contribution >= 4 is 22.5 Å². The molecule has 2 aliphatic heterocycles. The van der Waals surface area contributed by atoms with Crippen LogP contribution in [0.3, 0.4) is 0 Å². The molecular formula is C19H39NO3Si2. The van der Waals surface area contributed by atoms with E-state index in [1.165, 1.54) is 0 Å². The van der Waals surface area contributed by atoms with E-state index in [9.17, 15) is 4.79 Å². The highest BCUT2D eigenvalue weighted by molar-refractivity contribution is 6.74. The molecule has 2 rings (SSSR count). The molecule has 0 N–H and O–H groups in total. The number of carbonyl (C=O) groups excluding carboxylic acids is 1. The first-order valence-corrected chi connectivity index (χ1v) is 15.6. The molecule has 0 aromatic carbocycles. The molecule has 0 radical (unpaired) electrons. The van der Waals surface area contributed by atoms with Crippen molar-refractivity contribution in [2.45, 2.75) is 109 Å². The predicted molar refractivity (Wildman–Crippen MR) is 109 cm³/mol. The second-order valence-corrected chi connectivity index (χ2v) is 20.4. The van der Waals surface area contributed by atoms with Gasteiger partial charge in [0.25, 0.3) is 5.91 Å².